The van der Waals surface area contributed by atoms with E-state index in [-0.39, 0.29) is 19.1 Å². The van der Waals surface area contributed by atoms with E-state index < -0.39 is 30.7 Å². The number of ether oxygens (including phenoxy) is 3. The van der Waals surface area contributed by atoms with Crippen LogP contribution in [0.4, 0.5) is 0 Å². The van der Waals surface area contributed by atoms with Gasteiger partial charge in [-0.2, -0.15) is 0 Å². The van der Waals surface area contributed by atoms with Gasteiger partial charge < -0.3 is 45.7 Å². The number of hydrogen-bond acceptors (Lipinski definition) is 9. The molecule has 10 heteroatoms. The van der Waals surface area contributed by atoms with Crippen molar-refractivity contribution in [3.05, 3.63) is 0 Å². The lowest BCUT2D eigenvalue weighted by Gasteiger charge is -2.38. The monoisotopic (exact) mass is 352 g/mol. The number of carbonyl (C=O) groups is 1. The van der Waals surface area contributed by atoms with Crippen molar-refractivity contribution >= 4 is 5.91 Å². The molecule has 7 N–H and O–H groups in total. The fraction of sp³-hybridized carbons (Fsp3) is 0.929. The molecule has 0 bridgehead atoms. The van der Waals surface area contributed by atoms with Crippen molar-refractivity contribution in [3.63, 3.8) is 0 Å². The van der Waals surface area contributed by atoms with Crippen LogP contribution in [0.25, 0.3) is 0 Å². The predicted octanol–water partition coefficient (Wildman–Crippen LogP) is -3.33. The molecule has 1 heterocycles. The standard InChI is InChI=1S/C14H28N2O8/c15-3-1-5-22-6-2-4-16-10(17)8-23-7-9-11(18)12(19)13(20)14(21)24-9/h9,11-14,18-21H,1-8,15H2,(H,16,17)/t9?,11-,12+,13?,14-/m1/s1. The maximum atomic E-state index is 11.5. The van der Waals surface area contributed by atoms with E-state index in [1.165, 1.54) is 0 Å². The molecule has 1 rings (SSSR count). The molecule has 1 amide bonds. The van der Waals surface area contributed by atoms with Crippen LogP contribution in [0, 0.1) is 0 Å². The summed E-state index contributed by atoms with van der Waals surface area (Å²) >= 11 is 0. The Bertz CT molecular complexity index is 360. The van der Waals surface area contributed by atoms with Gasteiger partial charge in [-0.05, 0) is 19.4 Å². The first-order chi connectivity index (χ1) is 11.5. The second-order valence-corrected chi connectivity index (χ2v) is 5.51. The van der Waals surface area contributed by atoms with E-state index in [9.17, 15) is 25.2 Å². The van der Waals surface area contributed by atoms with Gasteiger partial charge in [-0.3, -0.25) is 4.79 Å². The molecule has 0 aromatic heterocycles. The zero-order chi connectivity index (χ0) is 17.9. The van der Waals surface area contributed by atoms with Gasteiger partial charge in [-0.25, -0.2) is 0 Å². The van der Waals surface area contributed by atoms with E-state index in [2.05, 4.69) is 5.32 Å². The number of rotatable bonds is 11. The van der Waals surface area contributed by atoms with Crippen molar-refractivity contribution in [2.75, 3.05) is 39.5 Å². The van der Waals surface area contributed by atoms with Crippen LogP contribution in [-0.2, 0) is 19.0 Å². The maximum Gasteiger partial charge on any atom is 0.246 e. The molecule has 1 saturated heterocycles. The Morgan fingerprint density at radius 3 is 2.46 bits per heavy atom. The lowest BCUT2D eigenvalue weighted by molar-refractivity contribution is -0.288. The van der Waals surface area contributed by atoms with Gasteiger partial charge in [0, 0.05) is 19.8 Å². The topological polar surface area (TPSA) is 164 Å². The first kappa shape index (κ1) is 21.2. The summed E-state index contributed by atoms with van der Waals surface area (Å²) in [4.78, 5) is 11.5. The third-order valence-corrected chi connectivity index (χ3v) is 3.48. The van der Waals surface area contributed by atoms with Crippen LogP contribution in [0.1, 0.15) is 12.8 Å². The van der Waals surface area contributed by atoms with Gasteiger partial charge in [-0.1, -0.05) is 0 Å². The first-order valence-corrected chi connectivity index (χ1v) is 7.97. The number of nitrogens with one attached hydrogen (secondary N) is 1. The molecule has 5 atom stereocenters. The Hall–Kier alpha value is -0.850. The number of amides is 1. The summed E-state index contributed by atoms with van der Waals surface area (Å²) in [6.07, 6.45) is -5.75. The summed E-state index contributed by atoms with van der Waals surface area (Å²) in [5.74, 6) is -0.344. The van der Waals surface area contributed by atoms with Crippen molar-refractivity contribution in [2.24, 2.45) is 5.73 Å². The Balaban J connectivity index is 2.08. The summed E-state index contributed by atoms with van der Waals surface area (Å²) in [5.41, 5.74) is 5.32. The zero-order valence-electron chi connectivity index (χ0n) is 13.5. The van der Waals surface area contributed by atoms with Crippen molar-refractivity contribution in [2.45, 2.75) is 43.5 Å². The maximum absolute atomic E-state index is 11.5. The van der Waals surface area contributed by atoms with E-state index in [0.717, 1.165) is 6.42 Å². The lowest BCUT2D eigenvalue weighted by atomic mass is 9.99. The van der Waals surface area contributed by atoms with E-state index in [0.29, 0.717) is 32.7 Å². The molecular formula is C14H28N2O8. The van der Waals surface area contributed by atoms with Crippen LogP contribution in [0.5, 0.6) is 0 Å². The molecule has 1 fully saturated rings. The largest absolute Gasteiger partial charge is 0.387 e. The number of carbonyl (C=O) groups excluding carboxylic acids is 1. The van der Waals surface area contributed by atoms with E-state index in [1.54, 1.807) is 0 Å². The Morgan fingerprint density at radius 1 is 1.04 bits per heavy atom. The van der Waals surface area contributed by atoms with Crippen LogP contribution < -0.4 is 11.1 Å². The van der Waals surface area contributed by atoms with E-state index >= 15 is 0 Å². The van der Waals surface area contributed by atoms with Crippen LogP contribution >= 0.6 is 0 Å². The van der Waals surface area contributed by atoms with Crippen LogP contribution in [0.3, 0.4) is 0 Å². The van der Waals surface area contributed by atoms with Crippen molar-refractivity contribution in [1.82, 2.24) is 5.32 Å². The molecule has 0 spiro atoms. The Labute approximate surface area is 140 Å². The fourth-order valence-corrected chi connectivity index (χ4v) is 2.08. The minimum Gasteiger partial charge on any atom is -0.387 e. The van der Waals surface area contributed by atoms with Crippen LogP contribution in [0.15, 0.2) is 0 Å². The van der Waals surface area contributed by atoms with Crippen molar-refractivity contribution in [1.29, 1.82) is 0 Å². The minimum absolute atomic E-state index is 0.211. The number of aliphatic hydroxyl groups is 4. The van der Waals surface area contributed by atoms with Gasteiger partial charge >= 0.3 is 0 Å². The normalized spacial score (nSPS) is 30.3. The van der Waals surface area contributed by atoms with Gasteiger partial charge in [0.1, 0.15) is 31.0 Å². The van der Waals surface area contributed by atoms with Gasteiger partial charge in [0.2, 0.25) is 5.91 Å². The highest BCUT2D eigenvalue weighted by molar-refractivity contribution is 5.77. The third kappa shape index (κ3) is 7.36. The van der Waals surface area contributed by atoms with Crippen LogP contribution in [-0.4, -0.2) is 96.6 Å². The van der Waals surface area contributed by atoms with E-state index in [1.807, 2.05) is 0 Å². The molecule has 142 valence electrons. The zero-order valence-corrected chi connectivity index (χ0v) is 13.5. The Morgan fingerprint density at radius 2 is 1.75 bits per heavy atom. The van der Waals surface area contributed by atoms with Gasteiger partial charge in [0.05, 0.1) is 6.61 Å². The summed E-state index contributed by atoms with van der Waals surface area (Å²) in [6.45, 7) is 1.69. The predicted molar refractivity (Wildman–Crippen MR) is 81.8 cm³/mol. The SMILES string of the molecule is NCCCOCCCNC(=O)COCC1O[C@@H](O)C(O)[C@@H](O)[C@@H]1O. The molecule has 10 nitrogen and oxygen atoms in total. The molecule has 2 unspecified atom stereocenters. The lowest BCUT2D eigenvalue weighted by Crippen LogP contribution is -2.58. The molecule has 0 aliphatic carbocycles. The highest BCUT2D eigenvalue weighted by Crippen LogP contribution is 2.19. The highest BCUT2D eigenvalue weighted by Gasteiger charge is 2.42. The van der Waals surface area contributed by atoms with Crippen LogP contribution in [0.2, 0.25) is 0 Å². The second-order valence-electron chi connectivity index (χ2n) is 5.51. The molecule has 1 aliphatic heterocycles. The quantitative estimate of drug-likeness (QED) is 0.209. The average Bonchev–Trinajstić information content (AvgIpc) is 2.56. The van der Waals surface area contributed by atoms with Crippen molar-refractivity contribution in [3.8, 4) is 0 Å². The molecule has 0 radical (unpaired) electrons. The summed E-state index contributed by atoms with van der Waals surface area (Å²) in [7, 11) is 0. The van der Waals surface area contributed by atoms with Gasteiger partial charge in [0.15, 0.2) is 6.29 Å². The van der Waals surface area contributed by atoms with Gasteiger partial charge in [-0.15, -0.1) is 0 Å². The summed E-state index contributed by atoms with van der Waals surface area (Å²) in [6, 6.07) is 0. The van der Waals surface area contributed by atoms with E-state index in [4.69, 9.17) is 19.9 Å². The third-order valence-electron chi connectivity index (χ3n) is 3.48. The minimum atomic E-state index is -1.62. The highest BCUT2D eigenvalue weighted by atomic mass is 16.6. The molecule has 0 aromatic carbocycles. The van der Waals surface area contributed by atoms with Gasteiger partial charge in [0.25, 0.3) is 0 Å². The summed E-state index contributed by atoms with van der Waals surface area (Å²) in [5, 5.41) is 40.6. The number of aliphatic hydroxyl groups excluding tert-OH is 4. The molecule has 24 heavy (non-hydrogen) atoms. The fourth-order valence-electron chi connectivity index (χ4n) is 2.08. The molecule has 0 aromatic rings. The smallest absolute Gasteiger partial charge is 0.246 e. The Kier molecular flexibility index (Phi) is 10.3. The van der Waals surface area contributed by atoms with Crippen molar-refractivity contribution < 1.29 is 39.4 Å². The number of hydrogen-bond donors (Lipinski definition) is 6. The first-order valence-electron chi connectivity index (χ1n) is 7.97. The number of nitrogens with two attached hydrogens (primary N) is 1. The average molecular weight is 352 g/mol. The second kappa shape index (κ2) is 11.7. The molecular weight excluding hydrogens is 324 g/mol. The summed E-state index contributed by atoms with van der Waals surface area (Å²) < 4.78 is 15.3. The molecule has 1 aliphatic rings. The molecule has 0 saturated carbocycles.